The van der Waals surface area contributed by atoms with Crippen molar-refractivity contribution in [1.29, 1.82) is 0 Å². The molecule has 0 atom stereocenters. The van der Waals surface area contributed by atoms with Gasteiger partial charge in [0, 0.05) is 11.9 Å². The molecule has 3 aromatic rings. The zero-order valence-electron chi connectivity index (χ0n) is 10.4. The molecule has 20 heavy (non-hydrogen) atoms. The highest BCUT2D eigenvalue weighted by molar-refractivity contribution is 7.09. The Labute approximate surface area is 118 Å². The summed E-state index contributed by atoms with van der Waals surface area (Å²) >= 11 is 1.37. The van der Waals surface area contributed by atoms with Crippen LogP contribution in [-0.2, 0) is 6.54 Å². The number of rotatable bonds is 4. The molecule has 2 aromatic heterocycles. The molecule has 0 saturated carbocycles. The summed E-state index contributed by atoms with van der Waals surface area (Å²) in [6, 6.07) is 9.37. The van der Waals surface area contributed by atoms with Crippen molar-refractivity contribution in [2.24, 2.45) is 5.73 Å². The van der Waals surface area contributed by atoms with Crippen LogP contribution in [0.4, 0.5) is 0 Å². The molecule has 0 aliphatic rings. The van der Waals surface area contributed by atoms with Crippen LogP contribution in [-0.4, -0.2) is 25.8 Å². The SMILES string of the molecule is NCc1nc(C(=O)c2cnnn2-c2ccccc2)cs1. The van der Waals surface area contributed by atoms with E-state index in [9.17, 15) is 4.79 Å². The van der Waals surface area contributed by atoms with E-state index in [1.165, 1.54) is 22.2 Å². The second-order valence-electron chi connectivity index (χ2n) is 4.03. The second-order valence-corrected chi connectivity index (χ2v) is 4.97. The maximum Gasteiger partial charge on any atom is 0.232 e. The highest BCUT2D eigenvalue weighted by atomic mass is 32.1. The normalized spacial score (nSPS) is 10.7. The topological polar surface area (TPSA) is 86.7 Å². The molecule has 0 bridgehead atoms. The molecule has 2 heterocycles. The summed E-state index contributed by atoms with van der Waals surface area (Å²) in [5, 5.41) is 10.2. The molecule has 100 valence electrons. The number of nitrogens with zero attached hydrogens (tertiary/aromatic N) is 4. The highest BCUT2D eigenvalue weighted by Gasteiger charge is 2.19. The van der Waals surface area contributed by atoms with Gasteiger partial charge in [0.1, 0.15) is 16.4 Å². The molecular weight excluding hydrogens is 274 g/mol. The molecule has 3 rings (SSSR count). The molecular formula is C13H11N5OS. The van der Waals surface area contributed by atoms with Crippen molar-refractivity contribution < 1.29 is 4.79 Å². The number of para-hydroxylation sites is 1. The molecule has 0 unspecified atom stereocenters. The van der Waals surface area contributed by atoms with E-state index in [4.69, 9.17) is 5.73 Å². The quantitative estimate of drug-likeness (QED) is 0.732. The fraction of sp³-hybridized carbons (Fsp3) is 0.0769. The molecule has 2 N–H and O–H groups in total. The fourth-order valence-corrected chi connectivity index (χ4v) is 2.44. The first-order chi connectivity index (χ1) is 9.79. The standard InChI is InChI=1S/C13H11N5OS/c14-6-12-16-10(8-20-12)13(19)11-7-15-17-18(11)9-4-2-1-3-5-9/h1-5,7-8H,6,14H2. The third-order valence-electron chi connectivity index (χ3n) is 2.74. The minimum atomic E-state index is -0.213. The van der Waals surface area contributed by atoms with Crippen molar-refractivity contribution in [2.45, 2.75) is 6.54 Å². The van der Waals surface area contributed by atoms with Gasteiger partial charge in [-0.2, -0.15) is 0 Å². The van der Waals surface area contributed by atoms with Gasteiger partial charge in [0.25, 0.3) is 0 Å². The number of nitrogens with two attached hydrogens (primary N) is 1. The summed E-state index contributed by atoms with van der Waals surface area (Å²) < 4.78 is 1.50. The van der Waals surface area contributed by atoms with Crippen LogP contribution in [0.5, 0.6) is 0 Å². The Morgan fingerprint density at radius 3 is 2.80 bits per heavy atom. The Hall–Kier alpha value is -2.38. The van der Waals surface area contributed by atoms with Crippen molar-refractivity contribution in [2.75, 3.05) is 0 Å². The highest BCUT2D eigenvalue weighted by Crippen LogP contribution is 2.15. The number of aromatic nitrogens is 4. The molecule has 0 saturated heterocycles. The van der Waals surface area contributed by atoms with Crippen LogP contribution >= 0.6 is 11.3 Å². The number of hydrogen-bond acceptors (Lipinski definition) is 6. The summed E-state index contributed by atoms with van der Waals surface area (Å²) in [4.78, 5) is 16.6. The Kier molecular flexibility index (Phi) is 3.36. The first kappa shape index (κ1) is 12.6. The Balaban J connectivity index is 1.99. The van der Waals surface area contributed by atoms with E-state index in [-0.39, 0.29) is 5.78 Å². The number of carbonyl (C=O) groups is 1. The number of carbonyl (C=O) groups excluding carboxylic acids is 1. The number of hydrogen-bond donors (Lipinski definition) is 1. The predicted molar refractivity (Wildman–Crippen MR) is 74.8 cm³/mol. The molecule has 0 aliphatic heterocycles. The molecule has 6 nitrogen and oxygen atoms in total. The molecule has 0 fully saturated rings. The fourth-order valence-electron chi connectivity index (χ4n) is 1.79. The first-order valence-electron chi connectivity index (χ1n) is 5.95. The van der Waals surface area contributed by atoms with Crippen LogP contribution in [0.3, 0.4) is 0 Å². The van der Waals surface area contributed by atoms with Gasteiger partial charge in [-0.3, -0.25) is 4.79 Å². The Bertz CT molecular complexity index is 734. The summed E-state index contributed by atoms with van der Waals surface area (Å²) in [7, 11) is 0. The van der Waals surface area contributed by atoms with Crippen LogP contribution < -0.4 is 5.73 Å². The number of benzene rings is 1. The average molecular weight is 285 g/mol. The van der Waals surface area contributed by atoms with E-state index in [2.05, 4.69) is 15.3 Å². The van der Waals surface area contributed by atoms with Gasteiger partial charge >= 0.3 is 0 Å². The Morgan fingerprint density at radius 1 is 1.30 bits per heavy atom. The minimum Gasteiger partial charge on any atom is -0.325 e. The third kappa shape index (κ3) is 2.24. The van der Waals surface area contributed by atoms with Gasteiger partial charge in [-0.05, 0) is 12.1 Å². The second kappa shape index (κ2) is 5.32. The summed E-state index contributed by atoms with van der Waals surface area (Å²) in [6.07, 6.45) is 1.44. The molecule has 0 spiro atoms. The van der Waals surface area contributed by atoms with E-state index in [0.29, 0.717) is 17.9 Å². The van der Waals surface area contributed by atoms with Gasteiger partial charge in [0.2, 0.25) is 5.78 Å². The lowest BCUT2D eigenvalue weighted by atomic mass is 10.2. The summed E-state index contributed by atoms with van der Waals surface area (Å²) in [5.41, 5.74) is 7.04. The maximum absolute atomic E-state index is 12.4. The zero-order chi connectivity index (χ0) is 13.9. The van der Waals surface area contributed by atoms with Gasteiger partial charge in [0.15, 0.2) is 0 Å². The van der Waals surface area contributed by atoms with Gasteiger partial charge in [-0.25, -0.2) is 9.67 Å². The van der Waals surface area contributed by atoms with Crippen LogP contribution in [0.25, 0.3) is 5.69 Å². The smallest absolute Gasteiger partial charge is 0.232 e. The molecule has 0 radical (unpaired) electrons. The van der Waals surface area contributed by atoms with Crippen molar-refractivity contribution in [3.05, 3.63) is 58.3 Å². The molecule has 7 heteroatoms. The van der Waals surface area contributed by atoms with Crippen molar-refractivity contribution in [3.8, 4) is 5.69 Å². The predicted octanol–water partition coefficient (Wildman–Crippen LogP) is 1.41. The van der Waals surface area contributed by atoms with Crippen molar-refractivity contribution in [3.63, 3.8) is 0 Å². The maximum atomic E-state index is 12.4. The van der Waals surface area contributed by atoms with E-state index >= 15 is 0 Å². The summed E-state index contributed by atoms with van der Waals surface area (Å²) in [5.74, 6) is -0.213. The first-order valence-corrected chi connectivity index (χ1v) is 6.83. The van der Waals surface area contributed by atoms with E-state index in [1.807, 2.05) is 30.3 Å². The van der Waals surface area contributed by atoms with Crippen molar-refractivity contribution in [1.82, 2.24) is 20.0 Å². The lowest BCUT2D eigenvalue weighted by molar-refractivity contribution is 0.102. The molecule has 0 aliphatic carbocycles. The third-order valence-corrected chi connectivity index (χ3v) is 3.61. The summed E-state index contributed by atoms with van der Waals surface area (Å²) in [6.45, 7) is 0.328. The van der Waals surface area contributed by atoms with Crippen LogP contribution in [0, 0.1) is 0 Å². The van der Waals surface area contributed by atoms with Crippen LogP contribution in [0.1, 0.15) is 21.2 Å². The van der Waals surface area contributed by atoms with Gasteiger partial charge < -0.3 is 5.73 Å². The largest absolute Gasteiger partial charge is 0.325 e. The number of thiazole rings is 1. The monoisotopic (exact) mass is 285 g/mol. The number of ketones is 1. The van der Waals surface area contributed by atoms with Gasteiger partial charge in [-0.1, -0.05) is 23.4 Å². The van der Waals surface area contributed by atoms with Gasteiger partial charge in [-0.15, -0.1) is 16.4 Å². The van der Waals surface area contributed by atoms with Gasteiger partial charge in [0.05, 0.1) is 11.9 Å². The average Bonchev–Trinajstić information content (AvgIpc) is 3.16. The zero-order valence-corrected chi connectivity index (χ0v) is 11.2. The lowest BCUT2D eigenvalue weighted by Gasteiger charge is -2.03. The Morgan fingerprint density at radius 2 is 2.10 bits per heavy atom. The van der Waals surface area contributed by atoms with Crippen LogP contribution in [0.15, 0.2) is 41.9 Å². The lowest BCUT2D eigenvalue weighted by Crippen LogP contribution is -2.10. The molecule has 1 aromatic carbocycles. The van der Waals surface area contributed by atoms with E-state index in [1.54, 1.807) is 5.38 Å². The van der Waals surface area contributed by atoms with Crippen LogP contribution in [0.2, 0.25) is 0 Å². The van der Waals surface area contributed by atoms with Crippen molar-refractivity contribution >= 4 is 17.1 Å². The van der Waals surface area contributed by atoms with E-state index < -0.39 is 0 Å². The van der Waals surface area contributed by atoms with E-state index in [0.717, 1.165) is 10.7 Å². The minimum absolute atomic E-state index is 0.213. The molecule has 0 amide bonds.